The van der Waals surface area contributed by atoms with Gasteiger partial charge in [-0.25, -0.2) is 18.3 Å². The first kappa shape index (κ1) is 43.1. The van der Waals surface area contributed by atoms with Gasteiger partial charge in [0.2, 0.25) is 11.8 Å². The van der Waals surface area contributed by atoms with E-state index in [-0.39, 0.29) is 41.7 Å². The third-order valence-electron chi connectivity index (χ3n) is 14.3. The van der Waals surface area contributed by atoms with Crippen LogP contribution in [0.2, 0.25) is 0 Å². The number of aromatic nitrogens is 5. The predicted molar refractivity (Wildman–Crippen MR) is 233 cm³/mol. The van der Waals surface area contributed by atoms with Gasteiger partial charge in [-0.1, -0.05) is 6.07 Å². The number of fused-ring (bicyclic) bond motifs is 2. The van der Waals surface area contributed by atoms with Gasteiger partial charge in [0.25, 0.3) is 24.1 Å². The highest BCUT2D eigenvalue weighted by molar-refractivity contribution is 6.25. The van der Waals surface area contributed by atoms with Crippen LogP contribution in [0.4, 0.5) is 26.0 Å². The van der Waals surface area contributed by atoms with Gasteiger partial charge in [-0.3, -0.25) is 38.9 Å². The summed E-state index contributed by atoms with van der Waals surface area (Å²) >= 11 is 0. The fourth-order valence-corrected chi connectivity index (χ4v) is 10.7. The van der Waals surface area contributed by atoms with Crippen molar-refractivity contribution in [3.05, 3.63) is 65.2 Å². The molecule has 1 saturated carbocycles. The summed E-state index contributed by atoms with van der Waals surface area (Å²) in [6, 6.07) is 6.61. The molecule has 18 nitrogen and oxygen atoms in total. The summed E-state index contributed by atoms with van der Waals surface area (Å²) in [4.78, 5) is 77.5. The number of carbonyl (C=O) groups excluding carboxylic acids is 5. The fraction of sp³-hybridized carbons (Fsp3) is 0.556. The van der Waals surface area contributed by atoms with Crippen molar-refractivity contribution >= 4 is 52.4 Å². The van der Waals surface area contributed by atoms with E-state index in [1.807, 2.05) is 12.1 Å². The van der Waals surface area contributed by atoms with Crippen molar-refractivity contribution in [3.8, 4) is 0 Å². The summed E-state index contributed by atoms with van der Waals surface area (Å²) < 4.78 is 37.2. The molecule has 0 bridgehead atoms. The Kier molecular flexibility index (Phi) is 12.1. The molecule has 344 valence electrons. The minimum atomic E-state index is -2.86. The maximum Gasteiger partial charge on any atom is 0.284 e. The van der Waals surface area contributed by atoms with E-state index in [2.05, 4.69) is 45.8 Å². The number of ether oxygens (including phenoxy) is 1. The molecular weight excluding hydrogens is 843 g/mol. The Balaban J connectivity index is 0.679. The standard InChI is InChI=1S/C45H54F2N12O6/c46-40(47)39-34(50-42(61)32-24-48-57-19-14-36(51-41(32)57)56-20-22-65-23-21-56)26-58(53-39)30-6-4-27(5-7-30)25-54-15-12-29(13-16-54)55-17-10-28(11-18-55)49-33-3-1-2-31-38(33)45(64)59(44(31)63)35-8-9-37(60)52-43(35)62/h1-3,14,19,24,26-30,35,40,49H,4-13,15-18,20-23,25H2,(H,50,61)(H,52,60,62). The van der Waals surface area contributed by atoms with E-state index in [4.69, 9.17) is 4.74 Å². The number of morpholine rings is 1. The largest absolute Gasteiger partial charge is 0.382 e. The predicted octanol–water partition coefficient (Wildman–Crippen LogP) is 4.13. The molecule has 3 N–H and O–H groups in total. The molecule has 1 unspecified atom stereocenters. The number of alkyl halides is 2. The number of carbonyl (C=O) groups is 5. The zero-order valence-corrected chi connectivity index (χ0v) is 36.2. The number of amides is 5. The van der Waals surface area contributed by atoms with Crippen LogP contribution in [0.3, 0.4) is 0 Å². The fourth-order valence-electron chi connectivity index (χ4n) is 10.7. The molecule has 3 aromatic heterocycles. The van der Waals surface area contributed by atoms with Crippen molar-refractivity contribution in [1.82, 2.24) is 44.4 Å². The van der Waals surface area contributed by atoms with Crippen LogP contribution >= 0.6 is 0 Å². The quantitative estimate of drug-likeness (QED) is 0.183. The molecule has 4 aromatic rings. The van der Waals surface area contributed by atoms with Crippen LogP contribution in [0.25, 0.3) is 5.65 Å². The lowest BCUT2D eigenvalue weighted by molar-refractivity contribution is -0.136. The molecule has 10 rings (SSSR count). The highest BCUT2D eigenvalue weighted by Gasteiger charge is 2.46. The minimum absolute atomic E-state index is 0.00667. The second-order valence-electron chi connectivity index (χ2n) is 18.2. The maximum atomic E-state index is 14.3. The van der Waals surface area contributed by atoms with E-state index in [0.717, 1.165) is 89.0 Å². The number of benzene rings is 1. The van der Waals surface area contributed by atoms with Gasteiger partial charge in [-0.05, 0) is 95.0 Å². The van der Waals surface area contributed by atoms with Crippen molar-refractivity contribution in [2.75, 3.05) is 74.6 Å². The van der Waals surface area contributed by atoms with Gasteiger partial charge in [-0.15, -0.1) is 0 Å². The molecule has 0 spiro atoms. The van der Waals surface area contributed by atoms with Gasteiger partial charge in [0.05, 0.1) is 42.3 Å². The van der Waals surface area contributed by atoms with Crippen LogP contribution in [0, 0.1) is 5.92 Å². The van der Waals surface area contributed by atoms with Crippen molar-refractivity contribution in [2.45, 2.75) is 94.8 Å². The molecule has 1 aliphatic carbocycles. The van der Waals surface area contributed by atoms with Gasteiger partial charge in [0.1, 0.15) is 17.4 Å². The van der Waals surface area contributed by atoms with Crippen LogP contribution in [-0.2, 0) is 14.3 Å². The number of rotatable bonds is 11. The van der Waals surface area contributed by atoms with Gasteiger partial charge in [0.15, 0.2) is 11.3 Å². The lowest BCUT2D eigenvalue weighted by Gasteiger charge is -2.43. The maximum absolute atomic E-state index is 14.3. The number of likely N-dealkylation sites (tertiary alicyclic amines) is 2. The normalized spacial score (nSPS) is 24.3. The number of anilines is 3. The SMILES string of the molecule is O=C1CCC(N2C(=O)c3cccc(NC4CCN(C5CCN(CC6CCC(n7cc(NC(=O)c8cnn9ccc(N%10CCOCC%10)nc89)c(C(F)F)n7)CC6)CC5)CC4)c3C2=O)C(=O)N1. The highest BCUT2D eigenvalue weighted by atomic mass is 19.3. The molecule has 8 heterocycles. The lowest BCUT2D eigenvalue weighted by atomic mass is 9.85. The zero-order chi connectivity index (χ0) is 44.8. The molecule has 5 aliphatic heterocycles. The number of hydrogen-bond acceptors (Lipinski definition) is 13. The first-order valence-electron chi connectivity index (χ1n) is 23.0. The van der Waals surface area contributed by atoms with Gasteiger partial charge >= 0.3 is 0 Å². The Labute approximate surface area is 374 Å². The molecule has 5 amide bonds. The van der Waals surface area contributed by atoms with E-state index < -0.39 is 47.7 Å². The molecule has 4 saturated heterocycles. The van der Waals surface area contributed by atoms with Gasteiger partial charge in [-0.2, -0.15) is 10.2 Å². The summed E-state index contributed by atoms with van der Waals surface area (Å²) in [6.07, 6.45) is 9.54. The van der Waals surface area contributed by atoms with Crippen molar-refractivity contribution < 1.29 is 37.5 Å². The Morgan fingerprint density at radius 3 is 2.37 bits per heavy atom. The van der Waals surface area contributed by atoms with Crippen molar-refractivity contribution in [3.63, 3.8) is 0 Å². The number of nitrogens with zero attached hydrogens (tertiary/aromatic N) is 9. The third kappa shape index (κ3) is 8.70. The molecular formula is C45H54F2N12O6. The van der Waals surface area contributed by atoms with E-state index in [1.165, 1.54) is 10.7 Å². The number of nitrogens with one attached hydrogen (secondary N) is 3. The van der Waals surface area contributed by atoms with Crippen LogP contribution < -0.4 is 20.9 Å². The van der Waals surface area contributed by atoms with E-state index in [1.54, 1.807) is 29.2 Å². The van der Waals surface area contributed by atoms with E-state index >= 15 is 0 Å². The van der Waals surface area contributed by atoms with Crippen LogP contribution in [0.5, 0.6) is 0 Å². The van der Waals surface area contributed by atoms with E-state index in [0.29, 0.717) is 61.0 Å². The van der Waals surface area contributed by atoms with Crippen molar-refractivity contribution in [2.24, 2.45) is 5.92 Å². The summed E-state index contributed by atoms with van der Waals surface area (Å²) in [6.45, 7) is 7.43. The molecule has 6 aliphatic rings. The summed E-state index contributed by atoms with van der Waals surface area (Å²) in [7, 11) is 0. The highest BCUT2D eigenvalue weighted by Crippen LogP contribution is 2.37. The average Bonchev–Trinajstić information content (AvgIpc) is 4.02. The second-order valence-corrected chi connectivity index (χ2v) is 18.2. The summed E-state index contributed by atoms with van der Waals surface area (Å²) in [5.74, 6) is -1.40. The van der Waals surface area contributed by atoms with Crippen LogP contribution in [0.15, 0.2) is 42.9 Å². The Morgan fingerprint density at radius 2 is 1.63 bits per heavy atom. The van der Waals surface area contributed by atoms with Gasteiger partial charge < -0.3 is 30.1 Å². The molecule has 5 fully saturated rings. The number of halogens is 2. The lowest BCUT2D eigenvalue weighted by Crippen LogP contribution is -2.54. The second kappa shape index (κ2) is 18.2. The molecule has 1 aromatic carbocycles. The molecule has 0 radical (unpaired) electrons. The minimum Gasteiger partial charge on any atom is -0.382 e. The van der Waals surface area contributed by atoms with Crippen molar-refractivity contribution in [1.29, 1.82) is 0 Å². The molecule has 20 heteroatoms. The third-order valence-corrected chi connectivity index (χ3v) is 14.3. The van der Waals surface area contributed by atoms with E-state index in [9.17, 15) is 32.8 Å². The number of imide groups is 2. The molecule has 1 atom stereocenters. The summed E-state index contributed by atoms with van der Waals surface area (Å²) in [5, 5.41) is 17.0. The smallest absolute Gasteiger partial charge is 0.284 e. The number of piperidine rings is 3. The first-order valence-corrected chi connectivity index (χ1v) is 23.0. The first-order chi connectivity index (χ1) is 31.6. The van der Waals surface area contributed by atoms with Gasteiger partial charge in [0, 0.05) is 69.3 Å². The van der Waals surface area contributed by atoms with Crippen LogP contribution in [0.1, 0.15) is 113 Å². The Bertz CT molecular complexity index is 2470. The Hall–Kier alpha value is -5.86. The van der Waals surface area contributed by atoms with Crippen LogP contribution in [-0.4, -0.2) is 146 Å². The topological polar surface area (TPSA) is 192 Å². The zero-order valence-electron chi connectivity index (χ0n) is 36.2. The monoisotopic (exact) mass is 896 g/mol. The molecule has 65 heavy (non-hydrogen) atoms. The Morgan fingerprint density at radius 1 is 0.862 bits per heavy atom. The summed E-state index contributed by atoms with van der Waals surface area (Å²) in [5.41, 5.74) is 1.24. The average molecular weight is 897 g/mol. The number of hydrogen-bond donors (Lipinski definition) is 3.